The molecule has 0 atom stereocenters. The van der Waals surface area contributed by atoms with Crippen LogP contribution in [0.15, 0.2) is 36.4 Å². The van der Waals surface area contributed by atoms with Crippen LogP contribution in [-0.4, -0.2) is 34.0 Å². The smallest absolute Gasteiger partial charge is 0.309 e. The molecule has 0 aliphatic carbocycles. The van der Waals surface area contributed by atoms with Gasteiger partial charge in [-0.3, -0.25) is 4.79 Å². The first-order chi connectivity index (χ1) is 15.2. The molecule has 1 aromatic heterocycles. The monoisotopic (exact) mass is 459 g/mol. The van der Waals surface area contributed by atoms with E-state index in [4.69, 9.17) is 16.3 Å². The zero-order valence-electron chi connectivity index (χ0n) is 18.2. The number of carboxylic acid groups (broad SMARTS) is 1. The van der Waals surface area contributed by atoms with Gasteiger partial charge in [0, 0.05) is 35.9 Å². The molecule has 170 valence electrons. The van der Waals surface area contributed by atoms with Gasteiger partial charge in [-0.15, -0.1) is 0 Å². The average Bonchev–Trinajstić information content (AvgIpc) is 3.08. The highest BCUT2D eigenvalue weighted by Gasteiger charge is 2.31. The van der Waals surface area contributed by atoms with Crippen molar-refractivity contribution in [3.8, 4) is 11.4 Å². The van der Waals surface area contributed by atoms with Crippen molar-refractivity contribution in [1.82, 2.24) is 4.57 Å². The van der Waals surface area contributed by atoms with Crippen LogP contribution < -0.4 is 0 Å². The maximum atomic E-state index is 13.9. The summed E-state index contributed by atoms with van der Waals surface area (Å²) in [6.45, 7) is 4.73. The summed E-state index contributed by atoms with van der Waals surface area (Å²) in [4.78, 5) is 11.7. The fourth-order valence-electron chi connectivity index (χ4n) is 4.47. The number of aromatic nitrogens is 1. The molecule has 1 aliphatic rings. The highest BCUT2D eigenvalue weighted by molar-refractivity contribution is 6.30. The van der Waals surface area contributed by atoms with E-state index in [1.54, 1.807) is 38.1 Å². The van der Waals surface area contributed by atoms with Crippen LogP contribution >= 0.6 is 11.6 Å². The van der Waals surface area contributed by atoms with Gasteiger partial charge in [0.1, 0.15) is 11.6 Å². The Morgan fingerprint density at radius 1 is 1.22 bits per heavy atom. The molecule has 0 amide bonds. The summed E-state index contributed by atoms with van der Waals surface area (Å²) < 4.78 is 21.6. The lowest BCUT2D eigenvalue weighted by atomic mass is 9.84. The lowest BCUT2D eigenvalue weighted by Crippen LogP contribution is -2.24. The Morgan fingerprint density at radius 3 is 2.59 bits per heavy atom. The van der Waals surface area contributed by atoms with E-state index in [2.05, 4.69) is 4.57 Å². The second-order valence-corrected chi connectivity index (χ2v) is 9.48. The number of ether oxygens (including phenoxy) is 1. The first-order valence-corrected chi connectivity index (χ1v) is 11.2. The number of fused-ring (bicyclic) bond motifs is 1. The Morgan fingerprint density at radius 2 is 1.94 bits per heavy atom. The molecule has 0 radical (unpaired) electrons. The van der Waals surface area contributed by atoms with E-state index in [0.29, 0.717) is 26.1 Å². The predicted octanol–water partition coefficient (Wildman–Crippen LogP) is 6.07. The van der Waals surface area contributed by atoms with E-state index in [1.165, 1.54) is 6.07 Å². The van der Waals surface area contributed by atoms with Crippen molar-refractivity contribution in [2.75, 3.05) is 13.2 Å². The van der Waals surface area contributed by atoms with E-state index in [1.807, 2.05) is 6.07 Å². The number of nitrogens with zero attached hydrogens (tertiary/aromatic N) is 1. The Hall–Kier alpha value is -2.57. The van der Waals surface area contributed by atoms with E-state index < -0.39 is 17.2 Å². The van der Waals surface area contributed by atoms with Crippen molar-refractivity contribution in [2.45, 2.75) is 45.4 Å². The number of carbonyl (C=O) groups is 1. The fourth-order valence-corrected chi connectivity index (χ4v) is 4.65. The molecule has 2 heterocycles. The van der Waals surface area contributed by atoms with E-state index in [9.17, 15) is 19.4 Å². The lowest BCUT2D eigenvalue weighted by Gasteiger charge is -2.26. The zero-order valence-corrected chi connectivity index (χ0v) is 19.0. The van der Waals surface area contributed by atoms with Crippen molar-refractivity contribution >= 4 is 28.5 Å². The standard InChI is InChI=1S/C25H27ClFNO4/c1-25(2,24(30)31)10-7-18-19-14-17(29)4-6-22(19)28(16-3-5-21(27)20(26)13-16)23(18)15-8-11-32-12-9-15/h3-6,13-15,29H,7-12H2,1-2H3,(H,30,31). The summed E-state index contributed by atoms with van der Waals surface area (Å²) in [5.41, 5.74) is 2.78. The number of phenols is 1. The molecule has 0 bridgehead atoms. The quantitative estimate of drug-likeness (QED) is 0.469. The second-order valence-electron chi connectivity index (χ2n) is 9.07. The van der Waals surface area contributed by atoms with Gasteiger partial charge in [-0.05, 0) is 81.5 Å². The van der Waals surface area contributed by atoms with Crippen LogP contribution in [0.4, 0.5) is 4.39 Å². The molecule has 2 aromatic carbocycles. The van der Waals surface area contributed by atoms with Crippen LogP contribution in [0.5, 0.6) is 5.75 Å². The third-order valence-corrected chi connectivity index (χ3v) is 6.73. The summed E-state index contributed by atoms with van der Waals surface area (Å²) in [5, 5.41) is 20.8. The van der Waals surface area contributed by atoms with E-state index in [-0.39, 0.29) is 16.7 Å². The van der Waals surface area contributed by atoms with Gasteiger partial charge in [0.2, 0.25) is 0 Å². The summed E-state index contributed by atoms with van der Waals surface area (Å²) in [7, 11) is 0. The van der Waals surface area contributed by atoms with Gasteiger partial charge in [0.25, 0.3) is 0 Å². The first-order valence-electron chi connectivity index (χ1n) is 10.8. The molecule has 0 saturated carbocycles. The number of aryl methyl sites for hydroxylation is 1. The molecule has 0 unspecified atom stereocenters. The van der Waals surface area contributed by atoms with Gasteiger partial charge in [-0.2, -0.15) is 0 Å². The molecular weight excluding hydrogens is 433 g/mol. The number of aliphatic carboxylic acids is 1. The minimum absolute atomic E-state index is 0.0367. The van der Waals surface area contributed by atoms with E-state index in [0.717, 1.165) is 40.7 Å². The highest BCUT2D eigenvalue weighted by atomic mass is 35.5. The van der Waals surface area contributed by atoms with Gasteiger partial charge >= 0.3 is 5.97 Å². The highest BCUT2D eigenvalue weighted by Crippen LogP contribution is 2.41. The first kappa shape index (κ1) is 22.6. The minimum atomic E-state index is -0.891. The molecule has 7 heteroatoms. The van der Waals surface area contributed by atoms with Gasteiger partial charge < -0.3 is 19.5 Å². The number of hydrogen-bond donors (Lipinski definition) is 2. The van der Waals surface area contributed by atoms with Crippen LogP contribution in [0.25, 0.3) is 16.6 Å². The zero-order chi connectivity index (χ0) is 23.0. The molecular formula is C25H27ClFNO4. The van der Waals surface area contributed by atoms with Crippen molar-refractivity contribution in [3.63, 3.8) is 0 Å². The molecule has 32 heavy (non-hydrogen) atoms. The molecule has 3 aromatic rings. The molecule has 0 spiro atoms. The molecule has 1 saturated heterocycles. The van der Waals surface area contributed by atoms with Gasteiger partial charge in [-0.1, -0.05) is 11.6 Å². The lowest BCUT2D eigenvalue weighted by molar-refractivity contribution is -0.147. The van der Waals surface area contributed by atoms with Crippen LogP contribution in [-0.2, 0) is 16.0 Å². The third kappa shape index (κ3) is 4.21. The largest absolute Gasteiger partial charge is 0.508 e. The number of hydrogen-bond acceptors (Lipinski definition) is 3. The average molecular weight is 460 g/mol. The Labute approximate surface area is 191 Å². The summed E-state index contributed by atoms with van der Waals surface area (Å²) in [6, 6.07) is 9.85. The summed E-state index contributed by atoms with van der Waals surface area (Å²) in [5.74, 6) is -1.00. The van der Waals surface area contributed by atoms with Crippen LogP contribution in [0.3, 0.4) is 0 Å². The van der Waals surface area contributed by atoms with E-state index >= 15 is 0 Å². The minimum Gasteiger partial charge on any atom is -0.508 e. The molecule has 5 nitrogen and oxygen atoms in total. The van der Waals surface area contributed by atoms with Crippen molar-refractivity contribution in [2.24, 2.45) is 5.41 Å². The number of carboxylic acids is 1. The fraction of sp³-hybridized carbons (Fsp3) is 0.400. The molecule has 1 aliphatic heterocycles. The van der Waals surface area contributed by atoms with Crippen molar-refractivity contribution in [1.29, 1.82) is 0 Å². The summed E-state index contributed by atoms with van der Waals surface area (Å²) in [6.07, 6.45) is 2.63. The number of phenolic OH excluding ortho intramolecular Hbond substituents is 1. The number of halogens is 2. The molecule has 4 rings (SSSR count). The van der Waals surface area contributed by atoms with Gasteiger partial charge in [-0.25, -0.2) is 4.39 Å². The topological polar surface area (TPSA) is 71.7 Å². The Balaban J connectivity index is 1.96. The van der Waals surface area contributed by atoms with Crippen LogP contribution in [0.2, 0.25) is 5.02 Å². The molecule has 2 N–H and O–H groups in total. The SMILES string of the molecule is CC(C)(CCc1c(C2CCOCC2)n(-c2ccc(F)c(Cl)c2)c2ccc(O)cc12)C(=O)O. The maximum Gasteiger partial charge on any atom is 0.309 e. The van der Waals surface area contributed by atoms with Crippen LogP contribution in [0, 0.1) is 11.2 Å². The number of aromatic hydroxyl groups is 1. The second kappa shape index (κ2) is 8.75. The molecule has 1 fully saturated rings. The number of benzene rings is 2. The summed E-state index contributed by atoms with van der Waals surface area (Å²) >= 11 is 6.13. The predicted molar refractivity (Wildman–Crippen MR) is 122 cm³/mol. The van der Waals surface area contributed by atoms with Crippen molar-refractivity contribution < 1.29 is 24.1 Å². The number of rotatable bonds is 6. The Kier molecular flexibility index (Phi) is 6.19. The maximum absolute atomic E-state index is 13.9. The van der Waals surface area contributed by atoms with Crippen molar-refractivity contribution in [3.05, 3.63) is 58.5 Å². The van der Waals surface area contributed by atoms with Gasteiger partial charge in [0.05, 0.1) is 16.0 Å². The van der Waals surface area contributed by atoms with Crippen LogP contribution in [0.1, 0.15) is 50.3 Å². The van der Waals surface area contributed by atoms with Gasteiger partial charge in [0.15, 0.2) is 0 Å². The Bertz CT molecular complexity index is 1160. The normalized spacial score (nSPS) is 15.4. The third-order valence-electron chi connectivity index (χ3n) is 6.44.